The number of fused-ring (bicyclic) bond motifs is 1. The summed E-state index contributed by atoms with van der Waals surface area (Å²) in [5, 5.41) is 11.2. The Labute approximate surface area is 170 Å². The van der Waals surface area contributed by atoms with E-state index < -0.39 is 0 Å². The number of aromatic nitrogens is 3. The van der Waals surface area contributed by atoms with Crippen LogP contribution in [0.15, 0.2) is 42.5 Å². The predicted octanol–water partition coefficient (Wildman–Crippen LogP) is 3.64. The van der Waals surface area contributed by atoms with E-state index in [0.29, 0.717) is 5.75 Å². The van der Waals surface area contributed by atoms with Gasteiger partial charge in [0, 0.05) is 0 Å². The van der Waals surface area contributed by atoms with Gasteiger partial charge in [-0.25, -0.2) is 4.68 Å². The van der Waals surface area contributed by atoms with Gasteiger partial charge in [0.15, 0.2) is 11.5 Å². The Morgan fingerprint density at radius 1 is 1.21 bits per heavy atom. The van der Waals surface area contributed by atoms with Crippen LogP contribution in [0, 0.1) is 0 Å². The lowest BCUT2D eigenvalue weighted by atomic mass is 10.1. The maximum Gasteiger partial charge on any atom is 0.242 e. The minimum atomic E-state index is -0.174. The summed E-state index contributed by atoms with van der Waals surface area (Å²) in [5.41, 5.74) is 2.57. The van der Waals surface area contributed by atoms with E-state index in [4.69, 9.17) is 9.47 Å². The van der Waals surface area contributed by atoms with Gasteiger partial charge in [0.1, 0.15) is 12.1 Å². The van der Waals surface area contributed by atoms with Crippen molar-refractivity contribution in [3.63, 3.8) is 0 Å². The maximum absolute atomic E-state index is 12.5. The Morgan fingerprint density at radius 3 is 2.79 bits per heavy atom. The summed E-state index contributed by atoms with van der Waals surface area (Å²) in [6, 6.07) is 13.2. The van der Waals surface area contributed by atoms with Crippen LogP contribution in [0.2, 0.25) is 0 Å². The molecular formula is C22H26N4O3. The number of amides is 1. The van der Waals surface area contributed by atoms with E-state index in [1.54, 1.807) is 11.8 Å². The van der Waals surface area contributed by atoms with E-state index in [1.165, 1.54) is 12.8 Å². The van der Waals surface area contributed by atoms with E-state index >= 15 is 0 Å². The van der Waals surface area contributed by atoms with Crippen molar-refractivity contribution >= 4 is 16.9 Å². The van der Waals surface area contributed by atoms with Crippen LogP contribution in [-0.4, -0.2) is 34.1 Å². The molecule has 2 aromatic carbocycles. The molecule has 1 aliphatic carbocycles. The molecule has 1 N–H and O–H groups in total. The molecule has 0 unspecified atom stereocenters. The van der Waals surface area contributed by atoms with Gasteiger partial charge in [-0.1, -0.05) is 23.4 Å². The van der Waals surface area contributed by atoms with Crippen LogP contribution in [0.3, 0.4) is 0 Å². The number of nitrogens with one attached hydrogen (secondary N) is 1. The smallest absolute Gasteiger partial charge is 0.242 e. The summed E-state index contributed by atoms with van der Waals surface area (Å²) in [6.45, 7) is 2.06. The lowest BCUT2D eigenvalue weighted by Gasteiger charge is -2.19. The average molecular weight is 394 g/mol. The zero-order valence-electron chi connectivity index (χ0n) is 16.8. The standard InChI is InChI=1S/C22H26N4O3/c1-15(23-22(27)14-26-19-10-6-5-9-18(19)24-25-26)16-11-12-20(21(13-16)28-2)29-17-7-3-4-8-17/h5-6,9-13,15,17H,3-4,7-8,14H2,1-2H3,(H,23,27)/t15-/m1/s1. The maximum atomic E-state index is 12.5. The van der Waals surface area contributed by atoms with Gasteiger partial charge in [-0.2, -0.15) is 0 Å². The molecule has 1 aliphatic rings. The Kier molecular flexibility index (Phi) is 5.64. The Morgan fingerprint density at radius 2 is 2.00 bits per heavy atom. The fourth-order valence-electron chi connectivity index (χ4n) is 3.78. The third kappa shape index (κ3) is 4.34. The highest BCUT2D eigenvalue weighted by molar-refractivity contribution is 5.80. The molecule has 0 spiro atoms. The van der Waals surface area contributed by atoms with Crippen LogP contribution < -0.4 is 14.8 Å². The van der Waals surface area contributed by atoms with Crippen LogP contribution in [0.5, 0.6) is 11.5 Å². The quantitative estimate of drug-likeness (QED) is 0.662. The van der Waals surface area contributed by atoms with Gasteiger partial charge in [0.2, 0.25) is 5.91 Å². The molecule has 152 valence electrons. The normalized spacial score (nSPS) is 15.4. The van der Waals surface area contributed by atoms with E-state index in [0.717, 1.165) is 35.2 Å². The number of carbonyl (C=O) groups is 1. The summed E-state index contributed by atoms with van der Waals surface area (Å²) in [6.07, 6.45) is 4.89. The molecule has 7 nitrogen and oxygen atoms in total. The highest BCUT2D eigenvalue weighted by atomic mass is 16.5. The van der Waals surface area contributed by atoms with Gasteiger partial charge in [0.05, 0.1) is 24.8 Å². The average Bonchev–Trinajstić information content (AvgIpc) is 3.38. The summed E-state index contributed by atoms with van der Waals surface area (Å²) >= 11 is 0. The lowest BCUT2D eigenvalue weighted by Crippen LogP contribution is -2.30. The van der Waals surface area contributed by atoms with Crippen LogP contribution in [0.1, 0.15) is 44.2 Å². The zero-order valence-corrected chi connectivity index (χ0v) is 16.8. The first kappa shape index (κ1) is 19.2. The van der Waals surface area contributed by atoms with Crippen molar-refractivity contribution in [1.82, 2.24) is 20.3 Å². The van der Waals surface area contributed by atoms with Crippen molar-refractivity contribution in [2.75, 3.05) is 7.11 Å². The SMILES string of the molecule is COc1cc([C@@H](C)NC(=O)Cn2nnc3ccccc32)ccc1OC1CCCC1. The van der Waals surface area contributed by atoms with E-state index in [9.17, 15) is 4.79 Å². The summed E-state index contributed by atoms with van der Waals surface area (Å²) in [5.74, 6) is 1.33. The molecule has 3 aromatic rings. The monoisotopic (exact) mass is 394 g/mol. The first-order chi connectivity index (χ1) is 14.1. The van der Waals surface area contributed by atoms with Crippen molar-refractivity contribution in [2.24, 2.45) is 0 Å². The second-order valence-corrected chi connectivity index (χ2v) is 7.46. The second kappa shape index (κ2) is 8.51. The molecule has 1 fully saturated rings. The van der Waals surface area contributed by atoms with Crippen molar-refractivity contribution in [1.29, 1.82) is 0 Å². The fraction of sp³-hybridized carbons (Fsp3) is 0.409. The van der Waals surface area contributed by atoms with Gasteiger partial charge >= 0.3 is 0 Å². The van der Waals surface area contributed by atoms with Gasteiger partial charge in [0.25, 0.3) is 0 Å². The molecule has 0 radical (unpaired) electrons. The van der Waals surface area contributed by atoms with E-state index in [2.05, 4.69) is 15.6 Å². The van der Waals surface area contributed by atoms with E-state index in [-0.39, 0.29) is 24.6 Å². The lowest BCUT2D eigenvalue weighted by molar-refractivity contribution is -0.122. The molecule has 0 saturated heterocycles. The number of benzene rings is 2. The topological polar surface area (TPSA) is 78.3 Å². The second-order valence-electron chi connectivity index (χ2n) is 7.46. The van der Waals surface area contributed by atoms with Crippen LogP contribution in [-0.2, 0) is 11.3 Å². The Balaban J connectivity index is 1.41. The van der Waals surface area contributed by atoms with Gasteiger partial charge in [-0.3, -0.25) is 4.79 Å². The minimum Gasteiger partial charge on any atom is -0.493 e. The summed E-state index contributed by atoms with van der Waals surface area (Å²) < 4.78 is 13.2. The molecular weight excluding hydrogens is 368 g/mol. The molecule has 29 heavy (non-hydrogen) atoms. The molecule has 0 bridgehead atoms. The van der Waals surface area contributed by atoms with Crippen molar-refractivity contribution < 1.29 is 14.3 Å². The number of hydrogen-bond acceptors (Lipinski definition) is 5. The minimum absolute atomic E-state index is 0.116. The zero-order chi connectivity index (χ0) is 20.2. The van der Waals surface area contributed by atoms with E-state index in [1.807, 2.05) is 49.4 Å². The number of carbonyl (C=O) groups excluding carboxylic acids is 1. The molecule has 1 aromatic heterocycles. The van der Waals surface area contributed by atoms with Gasteiger partial charge in [-0.05, 0) is 62.4 Å². The number of nitrogens with zero attached hydrogens (tertiary/aromatic N) is 3. The van der Waals surface area contributed by atoms with Crippen LogP contribution >= 0.6 is 0 Å². The Bertz CT molecular complexity index is 995. The number of rotatable bonds is 7. The highest BCUT2D eigenvalue weighted by Crippen LogP contribution is 2.33. The number of ether oxygens (including phenoxy) is 2. The van der Waals surface area contributed by atoms with Gasteiger partial charge < -0.3 is 14.8 Å². The molecule has 4 rings (SSSR count). The fourth-order valence-corrected chi connectivity index (χ4v) is 3.78. The molecule has 1 atom stereocenters. The third-order valence-corrected chi connectivity index (χ3v) is 5.37. The van der Waals surface area contributed by atoms with Crippen LogP contribution in [0.25, 0.3) is 11.0 Å². The first-order valence-electron chi connectivity index (χ1n) is 10.1. The van der Waals surface area contributed by atoms with Gasteiger partial charge in [-0.15, -0.1) is 5.10 Å². The molecule has 0 aliphatic heterocycles. The summed E-state index contributed by atoms with van der Waals surface area (Å²) in [4.78, 5) is 12.5. The number of hydrogen-bond donors (Lipinski definition) is 1. The number of para-hydroxylation sites is 1. The Hall–Kier alpha value is -3.09. The number of methoxy groups -OCH3 is 1. The van der Waals surface area contributed by atoms with Crippen molar-refractivity contribution in [2.45, 2.75) is 51.3 Å². The summed E-state index contributed by atoms with van der Waals surface area (Å²) in [7, 11) is 1.64. The first-order valence-corrected chi connectivity index (χ1v) is 10.1. The third-order valence-electron chi connectivity index (χ3n) is 5.37. The molecule has 1 amide bonds. The molecule has 7 heteroatoms. The van der Waals surface area contributed by atoms with Crippen molar-refractivity contribution in [3.8, 4) is 11.5 Å². The molecule has 1 heterocycles. The van der Waals surface area contributed by atoms with Crippen molar-refractivity contribution in [3.05, 3.63) is 48.0 Å². The largest absolute Gasteiger partial charge is 0.493 e. The van der Waals surface area contributed by atoms with Crippen LogP contribution in [0.4, 0.5) is 0 Å². The highest BCUT2D eigenvalue weighted by Gasteiger charge is 2.19. The molecule has 1 saturated carbocycles. The predicted molar refractivity (Wildman–Crippen MR) is 110 cm³/mol.